The molecule has 0 spiro atoms. The zero-order valence-corrected chi connectivity index (χ0v) is 18.7. The Balaban J connectivity index is 1.78. The number of rotatable bonds is 8. The second-order valence-electron chi connectivity index (χ2n) is 7.50. The lowest BCUT2D eigenvalue weighted by atomic mass is 10.2. The zero-order valence-electron chi connectivity index (χ0n) is 17.9. The fraction of sp³-hybridized carbons (Fsp3) is 0.591. The van der Waals surface area contributed by atoms with Crippen LogP contribution in [0.5, 0.6) is 11.5 Å². The molecule has 1 aromatic carbocycles. The number of fused-ring (bicyclic) bond motifs is 1. The smallest absolute Gasteiger partial charge is 0.262 e. The molecule has 1 aromatic heterocycles. The van der Waals surface area contributed by atoms with Crippen molar-refractivity contribution in [2.24, 2.45) is 0 Å². The van der Waals surface area contributed by atoms with Crippen molar-refractivity contribution in [2.45, 2.75) is 58.9 Å². The molecular formula is C22H31N3O4S. The van der Waals surface area contributed by atoms with Gasteiger partial charge in [0.1, 0.15) is 0 Å². The first-order chi connectivity index (χ1) is 14.5. The van der Waals surface area contributed by atoms with Crippen LogP contribution in [0, 0.1) is 4.77 Å². The predicted octanol–water partition coefficient (Wildman–Crippen LogP) is 4.04. The first-order valence-corrected chi connectivity index (χ1v) is 11.3. The second kappa shape index (κ2) is 10.6. The molecule has 164 valence electrons. The number of carbonyl (C=O) groups is 1. The van der Waals surface area contributed by atoms with Gasteiger partial charge < -0.3 is 19.4 Å². The SMILES string of the molecule is CCOc1cc2[nH]c(=S)n(CCCC(=O)N3CCCCCC3)c(=O)c2cc1OCC. The van der Waals surface area contributed by atoms with Gasteiger partial charge in [0.25, 0.3) is 5.56 Å². The Bertz CT molecular complexity index is 990. The quantitative estimate of drug-likeness (QED) is 0.636. The Morgan fingerprint density at radius 2 is 1.70 bits per heavy atom. The summed E-state index contributed by atoms with van der Waals surface area (Å²) >= 11 is 5.42. The molecule has 1 aliphatic heterocycles. The molecule has 2 aromatic rings. The maximum Gasteiger partial charge on any atom is 0.262 e. The summed E-state index contributed by atoms with van der Waals surface area (Å²) in [6.45, 7) is 6.84. The molecule has 0 bridgehead atoms. The third kappa shape index (κ3) is 5.22. The first-order valence-electron chi connectivity index (χ1n) is 10.9. The molecule has 8 heteroatoms. The van der Waals surface area contributed by atoms with E-state index in [0.717, 1.165) is 25.9 Å². The van der Waals surface area contributed by atoms with Crippen LogP contribution in [0.1, 0.15) is 52.4 Å². The maximum atomic E-state index is 13.1. The molecule has 7 nitrogen and oxygen atoms in total. The van der Waals surface area contributed by atoms with Gasteiger partial charge in [-0.1, -0.05) is 12.8 Å². The standard InChI is InChI=1S/C22H31N3O4S/c1-3-28-18-14-16-17(15-19(18)29-4-2)23-22(30)25(21(16)27)13-9-10-20(26)24-11-7-5-6-8-12-24/h14-15H,3-13H2,1-2H3,(H,23,30). The summed E-state index contributed by atoms with van der Waals surface area (Å²) in [6.07, 6.45) is 5.54. The third-order valence-electron chi connectivity index (χ3n) is 5.38. The van der Waals surface area contributed by atoms with Crippen LogP contribution in [0.15, 0.2) is 16.9 Å². The van der Waals surface area contributed by atoms with Gasteiger partial charge in [0, 0.05) is 32.1 Å². The Morgan fingerprint density at radius 3 is 2.33 bits per heavy atom. The lowest BCUT2D eigenvalue weighted by Crippen LogP contribution is -2.32. The van der Waals surface area contributed by atoms with Crippen LogP contribution in [-0.2, 0) is 11.3 Å². The number of nitrogens with zero attached hydrogens (tertiary/aromatic N) is 2. The van der Waals surface area contributed by atoms with Crippen molar-refractivity contribution in [3.05, 3.63) is 27.3 Å². The minimum Gasteiger partial charge on any atom is -0.490 e. The molecule has 1 N–H and O–H groups in total. The summed E-state index contributed by atoms with van der Waals surface area (Å²) in [5, 5.41) is 0.495. The molecule has 0 radical (unpaired) electrons. The van der Waals surface area contributed by atoms with Crippen molar-refractivity contribution in [2.75, 3.05) is 26.3 Å². The van der Waals surface area contributed by atoms with E-state index in [4.69, 9.17) is 21.7 Å². The Morgan fingerprint density at radius 1 is 1.07 bits per heavy atom. The number of H-pyrrole nitrogens is 1. The molecule has 3 rings (SSSR count). The van der Waals surface area contributed by atoms with Gasteiger partial charge in [0.2, 0.25) is 5.91 Å². The van der Waals surface area contributed by atoms with E-state index in [1.54, 1.807) is 12.1 Å². The van der Waals surface area contributed by atoms with Crippen LogP contribution in [0.2, 0.25) is 0 Å². The van der Waals surface area contributed by atoms with Gasteiger partial charge in [-0.2, -0.15) is 0 Å². The lowest BCUT2D eigenvalue weighted by Gasteiger charge is -2.20. The van der Waals surface area contributed by atoms with Gasteiger partial charge in [-0.3, -0.25) is 14.2 Å². The number of amides is 1. The van der Waals surface area contributed by atoms with Gasteiger partial charge in [0.05, 0.1) is 24.1 Å². The van der Waals surface area contributed by atoms with Crippen LogP contribution in [-0.4, -0.2) is 46.7 Å². The van der Waals surface area contributed by atoms with E-state index in [1.807, 2.05) is 18.7 Å². The molecule has 0 saturated carbocycles. The molecule has 1 fully saturated rings. The summed E-state index contributed by atoms with van der Waals surface area (Å²) in [6, 6.07) is 3.46. The molecule has 0 unspecified atom stereocenters. The average molecular weight is 434 g/mol. The molecule has 1 saturated heterocycles. The topological polar surface area (TPSA) is 76.6 Å². The Hall–Kier alpha value is -2.35. The predicted molar refractivity (Wildman–Crippen MR) is 120 cm³/mol. The lowest BCUT2D eigenvalue weighted by molar-refractivity contribution is -0.131. The highest BCUT2D eigenvalue weighted by atomic mass is 32.1. The molecule has 1 aliphatic rings. The molecule has 30 heavy (non-hydrogen) atoms. The van der Waals surface area contributed by atoms with Gasteiger partial charge in [-0.15, -0.1) is 0 Å². The van der Waals surface area contributed by atoms with Crippen LogP contribution >= 0.6 is 12.2 Å². The monoisotopic (exact) mass is 433 g/mol. The van der Waals surface area contributed by atoms with Crippen molar-refractivity contribution >= 4 is 29.0 Å². The minimum atomic E-state index is -0.181. The highest BCUT2D eigenvalue weighted by Gasteiger charge is 2.16. The number of hydrogen-bond donors (Lipinski definition) is 1. The van der Waals surface area contributed by atoms with Gasteiger partial charge >= 0.3 is 0 Å². The largest absolute Gasteiger partial charge is 0.490 e. The van der Waals surface area contributed by atoms with Crippen LogP contribution in [0.25, 0.3) is 10.9 Å². The van der Waals surface area contributed by atoms with Gasteiger partial charge in [0.15, 0.2) is 16.3 Å². The third-order valence-corrected chi connectivity index (χ3v) is 5.70. The van der Waals surface area contributed by atoms with E-state index < -0.39 is 0 Å². The highest BCUT2D eigenvalue weighted by Crippen LogP contribution is 2.30. The summed E-state index contributed by atoms with van der Waals surface area (Å²) < 4.78 is 13.2. The number of aromatic nitrogens is 2. The fourth-order valence-corrected chi connectivity index (χ4v) is 4.15. The minimum absolute atomic E-state index is 0.167. The fourth-order valence-electron chi connectivity index (χ4n) is 3.87. The van der Waals surface area contributed by atoms with Crippen molar-refractivity contribution in [3.8, 4) is 11.5 Å². The van der Waals surface area contributed by atoms with Crippen LogP contribution < -0.4 is 15.0 Å². The summed E-state index contributed by atoms with van der Waals surface area (Å²) in [5.41, 5.74) is 0.439. The number of ether oxygens (including phenoxy) is 2. The number of likely N-dealkylation sites (tertiary alicyclic amines) is 1. The van der Waals surface area contributed by atoms with E-state index in [2.05, 4.69) is 4.98 Å². The number of aromatic amines is 1. The molecule has 0 aliphatic carbocycles. The summed E-state index contributed by atoms with van der Waals surface area (Å²) in [5.74, 6) is 1.29. The van der Waals surface area contributed by atoms with Crippen molar-refractivity contribution in [1.82, 2.24) is 14.5 Å². The summed E-state index contributed by atoms with van der Waals surface area (Å²) in [7, 11) is 0. The van der Waals surface area contributed by atoms with E-state index >= 15 is 0 Å². The van der Waals surface area contributed by atoms with E-state index in [0.29, 0.717) is 59.8 Å². The number of carbonyl (C=O) groups excluding carboxylic acids is 1. The van der Waals surface area contributed by atoms with Gasteiger partial charge in [-0.05, 0) is 51.4 Å². The first kappa shape index (κ1) is 22.3. The zero-order chi connectivity index (χ0) is 21.5. The number of nitrogens with one attached hydrogen (secondary N) is 1. The van der Waals surface area contributed by atoms with Gasteiger partial charge in [-0.25, -0.2) is 0 Å². The van der Waals surface area contributed by atoms with E-state index in [9.17, 15) is 9.59 Å². The molecule has 1 amide bonds. The highest BCUT2D eigenvalue weighted by molar-refractivity contribution is 7.71. The second-order valence-corrected chi connectivity index (χ2v) is 7.88. The van der Waals surface area contributed by atoms with Crippen molar-refractivity contribution in [1.29, 1.82) is 0 Å². The van der Waals surface area contributed by atoms with Crippen LogP contribution in [0.3, 0.4) is 0 Å². The number of benzene rings is 1. The Labute approximate surface area is 182 Å². The molecule has 0 atom stereocenters. The van der Waals surface area contributed by atoms with Crippen molar-refractivity contribution < 1.29 is 14.3 Å². The normalized spacial score (nSPS) is 14.5. The summed E-state index contributed by atoms with van der Waals surface area (Å²) in [4.78, 5) is 30.7. The Kier molecular flexibility index (Phi) is 7.90. The average Bonchev–Trinajstić information content (AvgIpc) is 3.01. The number of hydrogen-bond acceptors (Lipinski definition) is 5. The maximum absolute atomic E-state index is 13.1. The molecular weight excluding hydrogens is 402 g/mol. The van der Waals surface area contributed by atoms with E-state index in [1.165, 1.54) is 17.4 Å². The van der Waals surface area contributed by atoms with Crippen molar-refractivity contribution in [3.63, 3.8) is 0 Å². The van der Waals surface area contributed by atoms with Crippen LogP contribution in [0.4, 0.5) is 0 Å². The molecule has 2 heterocycles. The van der Waals surface area contributed by atoms with E-state index in [-0.39, 0.29) is 11.5 Å².